The Morgan fingerprint density at radius 1 is 1.02 bits per heavy atom. The molecular weight excluding hydrogens is 672 g/mol. The Kier molecular flexibility index (Phi) is 9.70. The van der Waals surface area contributed by atoms with Gasteiger partial charge in [-0.3, -0.25) is 19.3 Å². The number of esters is 1. The van der Waals surface area contributed by atoms with Gasteiger partial charge in [-0.25, -0.2) is 14.0 Å². The summed E-state index contributed by atoms with van der Waals surface area (Å²) in [6.45, 7) is -0.920. The van der Waals surface area contributed by atoms with E-state index in [0.717, 1.165) is 4.90 Å². The third-order valence-electron chi connectivity index (χ3n) is 7.88. The molecule has 2 N–H and O–H groups in total. The van der Waals surface area contributed by atoms with Crippen LogP contribution in [-0.4, -0.2) is 105 Å². The van der Waals surface area contributed by atoms with Crippen molar-refractivity contribution in [2.75, 3.05) is 25.8 Å². The average molecular weight is 698 g/mol. The topological polar surface area (TPSA) is 163 Å². The van der Waals surface area contributed by atoms with Gasteiger partial charge in [-0.1, -0.05) is 18.2 Å². The Morgan fingerprint density at radius 2 is 1.73 bits per heavy atom. The number of hydrogen-bond donors (Lipinski definition) is 2. The molecule has 0 spiro atoms. The van der Waals surface area contributed by atoms with Crippen molar-refractivity contribution in [3.63, 3.8) is 0 Å². The normalized spacial score (nSPS) is 17.5. The summed E-state index contributed by atoms with van der Waals surface area (Å²) in [5.74, 6) is -2.91. The van der Waals surface area contributed by atoms with Crippen molar-refractivity contribution in [1.82, 2.24) is 14.8 Å². The van der Waals surface area contributed by atoms with Crippen molar-refractivity contribution in [2.45, 2.75) is 11.4 Å². The number of fused-ring (bicyclic) bond motifs is 3. The molecule has 3 aromatic carbocycles. The van der Waals surface area contributed by atoms with Gasteiger partial charge in [0.25, 0.3) is 11.8 Å². The fraction of sp³-hybridized carbons (Fsp3) is 0.182. The molecule has 0 radical (unpaired) electrons. The summed E-state index contributed by atoms with van der Waals surface area (Å²) in [6.07, 6.45) is 1.26. The summed E-state index contributed by atoms with van der Waals surface area (Å²) in [5.41, 5.74) is -0.481. The minimum atomic E-state index is -1.42. The average Bonchev–Trinajstić information content (AvgIpc) is 3.56. The van der Waals surface area contributed by atoms with Gasteiger partial charge in [0, 0.05) is 29.3 Å². The van der Waals surface area contributed by atoms with E-state index in [1.54, 1.807) is 36.4 Å². The molecule has 0 aliphatic carbocycles. The van der Waals surface area contributed by atoms with Crippen LogP contribution in [-0.2, 0) is 19.1 Å². The number of carboxylic acid groups (broad SMARTS) is 1. The zero-order valence-corrected chi connectivity index (χ0v) is 25.5. The van der Waals surface area contributed by atoms with Crippen LogP contribution in [0.25, 0.3) is 16.6 Å². The van der Waals surface area contributed by atoms with Crippen LogP contribution in [0.15, 0.2) is 89.0 Å². The molecule has 16 heteroatoms. The number of aromatic nitrogens is 1. The number of carbonyl (C=O) groups is 4. The van der Waals surface area contributed by atoms with Gasteiger partial charge in [-0.2, -0.15) is 0 Å². The van der Waals surface area contributed by atoms with E-state index in [1.165, 1.54) is 52.9 Å². The molecule has 13 nitrogen and oxygen atoms in total. The van der Waals surface area contributed by atoms with Crippen molar-refractivity contribution in [3.05, 3.63) is 106 Å². The summed E-state index contributed by atoms with van der Waals surface area (Å²) in [5, 5.41) is 12.0. The third-order valence-corrected chi connectivity index (χ3v) is 9.22. The summed E-state index contributed by atoms with van der Waals surface area (Å²) in [7, 11) is 0. The molecule has 49 heavy (non-hydrogen) atoms. The van der Waals surface area contributed by atoms with Crippen LogP contribution in [0.3, 0.4) is 0 Å². The number of thioether (sulfide) groups is 1. The fourth-order valence-electron chi connectivity index (χ4n) is 5.58. The van der Waals surface area contributed by atoms with E-state index in [2.05, 4.69) is 5.32 Å². The van der Waals surface area contributed by atoms with Crippen LogP contribution >= 0.6 is 11.8 Å². The fourth-order valence-corrected chi connectivity index (χ4v) is 6.91. The van der Waals surface area contributed by atoms with Crippen LogP contribution in [0, 0.1) is 5.82 Å². The molecule has 2 amide bonds. The Morgan fingerprint density at radius 3 is 2.45 bits per heavy atom. The molecule has 0 bridgehead atoms. The zero-order chi connectivity index (χ0) is 33.5. The number of nitrogens with one attached hydrogen (secondary N) is 1. The van der Waals surface area contributed by atoms with Gasteiger partial charge in [0.05, 0.1) is 10.9 Å². The first-order chi connectivity index (χ1) is 23.2. The number of nitrogens with zero attached hydrogens (tertiary/aromatic N) is 2. The van der Waals surface area contributed by atoms with Crippen LogP contribution in [0.1, 0.15) is 10.4 Å². The molecule has 7 rings (SSSR count). The van der Waals surface area contributed by atoms with Gasteiger partial charge in [0.15, 0.2) is 18.1 Å². The van der Waals surface area contributed by atoms with Crippen molar-refractivity contribution in [2.24, 2.45) is 0 Å². The van der Waals surface area contributed by atoms with Gasteiger partial charge in [0.1, 0.15) is 40.8 Å². The second-order valence-corrected chi connectivity index (χ2v) is 11.9. The van der Waals surface area contributed by atoms with Crippen LogP contribution < -0.4 is 25.0 Å². The number of β-lactam (4-membered cyclic amide) rings is 1. The Labute approximate surface area is 302 Å². The number of pyridine rings is 1. The van der Waals surface area contributed by atoms with E-state index in [9.17, 15) is 33.5 Å². The minimum absolute atomic E-state index is 0. The summed E-state index contributed by atoms with van der Waals surface area (Å²) in [4.78, 5) is 65.8. The number of benzene rings is 3. The molecule has 3 aliphatic heterocycles. The van der Waals surface area contributed by atoms with Crippen molar-refractivity contribution >= 4 is 76.0 Å². The number of ether oxygens (including phenoxy) is 4. The predicted octanol–water partition coefficient (Wildman–Crippen LogP) is 2.18. The van der Waals surface area contributed by atoms with Gasteiger partial charge in [0.2, 0.25) is 12.2 Å². The van der Waals surface area contributed by atoms with E-state index in [0.29, 0.717) is 28.5 Å². The van der Waals surface area contributed by atoms with Gasteiger partial charge in [-0.05, 0) is 42.5 Å². The van der Waals surface area contributed by atoms with Gasteiger partial charge in [-0.15, -0.1) is 11.8 Å². The zero-order valence-electron chi connectivity index (χ0n) is 24.7. The number of aliphatic carboxylic acids is 1. The van der Waals surface area contributed by atoms with Gasteiger partial charge >= 0.3 is 41.5 Å². The van der Waals surface area contributed by atoms with Crippen molar-refractivity contribution in [1.29, 1.82) is 0 Å². The van der Waals surface area contributed by atoms with Crippen molar-refractivity contribution in [3.8, 4) is 22.9 Å². The Hall–Kier alpha value is -4.83. The molecule has 3 aliphatic rings. The van der Waals surface area contributed by atoms with Crippen LogP contribution in [0.2, 0.25) is 0 Å². The molecule has 246 valence electrons. The van der Waals surface area contributed by atoms with Gasteiger partial charge < -0.3 is 33.9 Å². The number of hydrogen-bond acceptors (Lipinski definition) is 10. The molecule has 1 saturated heterocycles. The Balaban J connectivity index is 0.00000417. The van der Waals surface area contributed by atoms with E-state index in [1.807, 2.05) is 0 Å². The van der Waals surface area contributed by atoms with E-state index in [4.69, 9.17) is 18.9 Å². The monoisotopic (exact) mass is 697 g/mol. The summed E-state index contributed by atoms with van der Waals surface area (Å²) in [6, 6.07) is 16.1. The van der Waals surface area contributed by atoms with Crippen LogP contribution in [0.5, 0.6) is 17.2 Å². The molecule has 0 saturated carbocycles. The number of halogens is 1. The summed E-state index contributed by atoms with van der Waals surface area (Å²) < 4.78 is 37.0. The molecule has 1 unspecified atom stereocenters. The van der Waals surface area contributed by atoms with E-state index in [-0.39, 0.29) is 70.9 Å². The van der Waals surface area contributed by atoms with E-state index < -0.39 is 53.0 Å². The molecule has 2 atom stereocenters. The molecular formula is C33H25FN3NaO10S. The number of carbonyl (C=O) groups excluding carboxylic acids is 3. The second-order valence-electron chi connectivity index (χ2n) is 10.8. The number of rotatable bonds is 9. The third kappa shape index (κ3) is 6.49. The summed E-state index contributed by atoms with van der Waals surface area (Å²) >= 11 is 1.19. The quantitative estimate of drug-likeness (QED) is 0.150. The maximum atomic E-state index is 13.7. The molecule has 1 aromatic heterocycles. The predicted molar refractivity (Wildman–Crippen MR) is 175 cm³/mol. The molecule has 4 aromatic rings. The second kappa shape index (κ2) is 14.0. The first-order valence-electron chi connectivity index (χ1n) is 14.5. The molecule has 4 heterocycles. The first-order valence-corrected chi connectivity index (χ1v) is 15.5. The number of amides is 2. The maximum absolute atomic E-state index is 13.7. The Bertz CT molecular complexity index is 2090. The SMILES string of the molecule is O=C(COc1ccccc1)NC1C(=O)N2C(C(=O)O)=C(COC(=O)c3cn(-c4ccc(F)cc4)c4cc5c(cc4c3=O)OCO5)CS[C@H]12.[NaH]. The number of para-hydroxylation sites is 1. The van der Waals surface area contributed by atoms with Crippen molar-refractivity contribution < 1.29 is 47.6 Å². The van der Waals surface area contributed by atoms with Crippen LogP contribution in [0.4, 0.5) is 4.39 Å². The standard InChI is InChI=1S/C33H24FN3O10S.Na.H/c34-18-6-8-19(9-7-18)36-12-22(29(39)21-10-24-25(11-23(21)36)47-16-46-24)33(43)45-13-17-15-48-31-27(30(40)37(31)28(17)32(41)42)35-26(38)14-44-20-4-2-1-3-5-20;;/h1-12,27,31H,13-16H2,(H,35,38)(H,41,42);;/t27?,31-;;/m1../s1. The molecule has 1 fully saturated rings. The number of carboxylic acids is 1. The van der Waals surface area contributed by atoms with E-state index >= 15 is 0 Å². The first kappa shape index (κ1) is 34.0.